The summed E-state index contributed by atoms with van der Waals surface area (Å²) in [5.41, 5.74) is 7.90. The van der Waals surface area contributed by atoms with E-state index < -0.39 is 0 Å². The summed E-state index contributed by atoms with van der Waals surface area (Å²) in [6.45, 7) is 6.78. The number of nitrogens with one attached hydrogen (secondary N) is 1. The Morgan fingerprint density at radius 2 is 1.85 bits per heavy atom. The number of hydrogen-bond acceptors (Lipinski definition) is 4. The average molecular weight is 369 g/mol. The minimum absolute atomic E-state index is 0.352. The van der Waals surface area contributed by atoms with E-state index in [9.17, 15) is 0 Å². The number of aliphatic imine (C=N–C) groups is 1. The summed E-state index contributed by atoms with van der Waals surface area (Å²) < 4.78 is 17.0. The monoisotopic (exact) mass is 369 g/mol. The Bertz CT molecular complexity index is 773. The maximum Gasteiger partial charge on any atom is 0.193 e. The van der Waals surface area contributed by atoms with Gasteiger partial charge >= 0.3 is 0 Å². The fourth-order valence-corrected chi connectivity index (χ4v) is 2.56. The van der Waals surface area contributed by atoms with Crippen molar-refractivity contribution in [1.29, 1.82) is 0 Å². The largest absolute Gasteiger partial charge is 0.493 e. The van der Waals surface area contributed by atoms with Crippen LogP contribution in [-0.4, -0.2) is 25.8 Å². The van der Waals surface area contributed by atoms with Crippen LogP contribution in [0.25, 0.3) is 0 Å². The van der Waals surface area contributed by atoms with Crippen molar-refractivity contribution in [3.63, 3.8) is 0 Å². The summed E-state index contributed by atoms with van der Waals surface area (Å²) in [7, 11) is 0. The molecule has 0 unspecified atom stereocenters. The molecular formula is C21H27N3O3. The lowest BCUT2D eigenvalue weighted by Gasteiger charge is -2.11. The van der Waals surface area contributed by atoms with E-state index in [1.807, 2.05) is 42.5 Å². The van der Waals surface area contributed by atoms with Crippen molar-refractivity contribution in [3.05, 3.63) is 48.0 Å². The zero-order valence-electron chi connectivity index (χ0n) is 15.9. The van der Waals surface area contributed by atoms with Crippen molar-refractivity contribution >= 4 is 11.6 Å². The minimum atomic E-state index is 0.352. The van der Waals surface area contributed by atoms with Gasteiger partial charge in [0.1, 0.15) is 5.75 Å². The van der Waals surface area contributed by atoms with Crippen LogP contribution >= 0.6 is 0 Å². The van der Waals surface area contributed by atoms with Gasteiger partial charge in [-0.1, -0.05) is 26.0 Å². The molecule has 0 aromatic heterocycles. The number of fused-ring (bicyclic) bond motifs is 1. The molecule has 2 aromatic carbocycles. The lowest BCUT2D eigenvalue weighted by atomic mass is 10.2. The molecule has 6 nitrogen and oxygen atoms in total. The van der Waals surface area contributed by atoms with Gasteiger partial charge in [0.2, 0.25) is 0 Å². The first-order valence-electron chi connectivity index (χ1n) is 9.28. The number of nitrogens with zero attached hydrogens (tertiary/aromatic N) is 1. The second-order valence-corrected chi connectivity index (χ2v) is 6.89. The van der Waals surface area contributed by atoms with Crippen LogP contribution in [-0.2, 0) is 6.54 Å². The molecule has 0 fully saturated rings. The van der Waals surface area contributed by atoms with Crippen LogP contribution in [0.1, 0.15) is 25.8 Å². The Morgan fingerprint density at radius 1 is 1.11 bits per heavy atom. The molecule has 0 amide bonds. The highest BCUT2D eigenvalue weighted by Gasteiger charge is 2.10. The Labute approximate surface area is 160 Å². The maximum atomic E-state index is 6.01. The second kappa shape index (κ2) is 9.16. The van der Waals surface area contributed by atoms with E-state index in [-0.39, 0.29) is 0 Å². The van der Waals surface area contributed by atoms with Gasteiger partial charge in [-0.2, -0.15) is 0 Å². The van der Waals surface area contributed by atoms with E-state index in [1.54, 1.807) is 0 Å². The maximum absolute atomic E-state index is 6.01. The van der Waals surface area contributed by atoms with Gasteiger partial charge in [-0.05, 0) is 35.7 Å². The van der Waals surface area contributed by atoms with Crippen molar-refractivity contribution in [1.82, 2.24) is 0 Å². The third-order valence-electron chi connectivity index (χ3n) is 3.96. The number of hydrogen-bond donors (Lipinski definition) is 2. The fourth-order valence-electron chi connectivity index (χ4n) is 2.56. The number of guanidine groups is 1. The van der Waals surface area contributed by atoms with Crippen molar-refractivity contribution in [2.24, 2.45) is 16.6 Å². The summed E-state index contributed by atoms with van der Waals surface area (Å²) in [5.74, 6) is 3.21. The first-order valence-corrected chi connectivity index (χ1v) is 9.28. The van der Waals surface area contributed by atoms with Gasteiger partial charge in [-0.25, -0.2) is 4.99 Å². The van der Waals surface area contributed by atoms with Gasteiger partial charge in [0.25, 0.3) is 0 Å². The predicted octanol–water partition coefficient (Wildman–Crippen LogP) is 3.81. The lowest BCUT2D eigenvalue weighted by molar-refractivity contribution is 0.271. The Hall–Kier alpha value is -2.89. The molecule has 0 saturated carbocycles. The topological polar surface area (TPSA) is 78.1 Å². The van der Waals surface area contributed by atoms with Gasteiger partial charge < -0.3 is 25.3 Å². The SMILES string of the molecule is CC(C)COc1ccc(CN=C(N)Nc2ccc3c(c2)OCCCO3)cc1. The summed E-state index contributed by atoms with van der Waals surface area (Å²) in [4.78, 5) is 4.39. The Balaban J connectivity index is 1.55. The van der Waals surface area contributed by atoms with Gasteiger partial charge in [0.15, 0.2) is 17.5 Å². The molecule has 27 heavy (non-hydrogen) atoms. The van der Waals surface area contributed by atoms with Crippen LogP contribution in [0.3, 0.4) is 0 Å². The molecule has 0 atom stereocenters. The molecule has 0 aliphatic carbocycles. The van der Waals surface area contributed by atoms with Crippen LogP contribution in [0.4, 0.5) is 5.69 Å². The van der Waals surface area contributed by atoms with E-state index in [2.05, 4.69) is 24.2 Å². The highest BCUT2D eigenvalue weighted by Crippen LogP contribution is 2.32. The van der Waals surface area contributed by atoms with E-state index in [4.69, 9.17) is 19.9 Å². The zero-order chi connectivity index (χ0) is 19.1. The number of anilines is 1. The summed E-state index contributed by atoms with van der Waals surface area (Å²) in [6, 6.07) is 13.6. The molecular weight excluding hydrogens is 342 g/mol. The number of benzene rings is 2. The lowest BCUT2D eigenvalue weighted by Crippen LogP contribution is -2.22. The number of nitrogens with two attached hydrogens (primary N) is 1. The quantitative estimate of drug-likeness (QED) is 0.598. The van der Waals surface area contributed by atoms with Crippen LogP contribution in [0.2, 0.25) is 0 Å². The molecule has 1 aliphatic heterocycles. The summed E-state index contributed by atoms with van der Waals surface area (Å²) in [6.07, 6.45) is 0.877. The third kappa shape index (κ3) is 5.81. The molecule has 0 radical (unpaired) electrons. The molecule has 0 spiro atoms. The first kappa shape index (κ1) is 18.9. The van der Waals surface area contributed by atoms with Crippen molar-refractivity contribution < 1.29 is 14.2 Å². The van der Waals surface area contributed by atoms with Crippen molar-refractivity contribution in [2.45, 2.75) is 26.8 Å². The standard InChI is InChI=1S/C21H27N3O3/c1-15(2)14-27-18-7-4-16(5-8-18)13-23-21(22)24-17-6-9-19-20(12-17)26-11-3-10-25-19/h4-9,12,15H,3,10-11,13-14H2,1-2H3,(H3,22,23,24). The molecule has 2 aromatic rings. The molecule has 0 bridgehead atoms. The van der Waals surface area contributed by atoms with E-state index in [0.29, 0.717) is 38.2 Å². The molecule has 144 valence electrons. The fraction of sp³-hybridized carbons (Fsp3) is 0.381. The average Bonchev–Trinajstić information content (AvgIpc) is 2.90. The summed E-state index contributed by atoms with van der Waals surface area (Å²) in [5, 5.41) is 3.09. The highest BCUT2D eigenvalue weighted by atomic mass is 16.5. The van der Waals surface area contributed by atoms with Gasteiger partial charge in [0.05, 0.1) is 26.4 Å². The molecule has 3 N–H and O–H groups in total. The normalized spacial score (nSPS) is 14.0. The number of ether oxygens (including phenoxy) is 3. The minimum Gasteiger partial charge on any atom is -0.493 e. The van der Waals surface area contributed by atoms with Crippen molar-refractivity contribution in [2.75, 3.05) is 25.1 Å². The predicted molar refractivity (Wildman–Crippen MR) is 108 cm³/mol. The van der Waals surface area contributed by atoms with Crippen LogP contribution in [0.15, 0.2) is 47.5 Å². The number of rotatable bonds is 6. The van der Waals surface area contributed by atoms with Crippen LogP contribution < -0.4 is 25.3 Å². The van der Waals surface area contributed by atoms with Gasteiger partial charge in [-0.3, -0.25) is 0 Å². The molecule has 6 heteroatoms. The van der Waals surface area contributed by atoms with E-state index in [0.717, 1.165) is 34.9 Å². The zero-order valence-corrected chi connectivity index (χ0v) is 15.9. The summed E-state index contributed by atoms with van der Waals surface area (Å²) >= 11 is 0. The molecule has 1 aliphatic rings. The van der Waals surface area contributed by atoms with E-state index >= 15 is 0 Å². The smallest absolute Gasteiger partial charge is 0.193 e. The Kier molecular flexibility index (Phi) is 6.41. The van der Waals surface area contributed by atoms with Gasteiger partial charge in [-0.15, -0.1) is 0 Å². The third-order valence-corrected chi connectivity index (χ3v) is 3.96. The van der Waals surface area contributed by atoms with Crippen LogP contribution in [0, 0.1) is 5.92 Å². The highest BCUT2D eigenvalue weighted by molar-refractivity contribution is 5.92. The Morgan fingerprint density at radius 3 is 2.59 bits per heavy atom. The second-order valence-electron chi connectivity index (χ2n) is 6.89. The van der Waals surface area contributed by atoms with Gasteiger partial charge in [0, 0.05) is 18.2 Å². The molecule has 1 heterocycles. The first-order chi connectivity index (χ1) is 13.1. The van der Waals surface area contributed by atoms with E-state index in [1.165, 1.54) is 0 Å². The molecule has 0 saturated heterocycles. The van der Waals surface area contributed by atoms with Crippen LogP contribution in [0.5, 0.6) is 17.2 Å². The molecule has 3 rings (SSSR count). The van der Waals surface area contributed by atoms with Crippen molar-refractivity contribution in [3.8, 4) is 17.2 Å².